The lowest BCUT2D eigenvalue weighted by molar-refractivity contribution is -0.131. The third-order valence-electron chi connectivity index (χ3n) is 3.91. The van der Waals surface area contributed by atoms with Gasteiger partial charge in [0.05, 0.1) is 7.11 Å². The number of methoxy groups -OCH3 is 1. The predicted octanol–water partition coefficient (Wildman–Crippen LogP) is 0.878. The van der Waals surface area contributed by atoms with Crippen molar-refractivity contribution in [2.24, 2.45) is 0 Å². The van der Waals surface area contributed by atoms with E-state index in [4.69, 9.17) is 0 Å². The Morgan fingerprint density at radius 1 is 1.17 bits per heavy atom. The van der Waals surface area contributed by atoms with E-state index in [1.807, 2.05) is 24.8 Å². The van der Waals surface area contributed by atoms with Crippen LogP contribution in [0.3, 0.4) is 0 Å². The van der Waals surface area contributed by atoms with Crippen molar-refractivity contribution >= 4 is 17.9 Å². The normalized spacial score (nSPS) is 14.5. The molecule has 2 amide bonds. The molecule has 1 fully saturated rings. The van der Waals surface area contributed by atoms with Crippen LogP contribution in [0.4, 0.5) is 10.7 Å². The second kappa shape index (κ2) is 8.47. The summed E-state index contributed by atoms with van der Waals surface area (Å²) in [5, 5.41) is 2.57. The minimum absolute atomic E-state index is 0.114. The number of rotatable bonds is 5. The maximum absolute atomic E-state index is 12.2. The molecule has 132 valence electrons. The molecule has 0 atom stereocenters. The number of nitrogens with one attached hydrogen (secondary N) is 1. The number of aryl methyl sites for hydroxylation is 2. The lowest BCUT2D eigenvalue weighted by Gasteiger charge is -2.35. The molecule has 1 N–H and O–H groups in total. The van der Waals surface area contributed by atoms with E-state index < -0.39 is 6.09 Å². The topological polar surface area (TPSA) is 87.7 Å². The Hall–Kier alpha value is -2.38. The number of hydrogen-bond donors (Lipinski definition) is 1. The van der Waals surface area contributed by atoms with Gasteiger partial charge in [0, 0.05) is 50.5 Å². The molecule has 8 nitrogen and oxygen atoms in total. The summed E-state index contributed by atoms with van der Waals surface area (Å²) in [7, 11) is 1.32. The first-order valence-electron chi connectivity index (χ1n) is 8.16. The average molecular weight is 335 g/mol. The van der Waals surface area contributed by atoms with Crippen LogP contribution in [0.5, 0.6) is 0 Å². The Bertz CT molecular complexity index is 565. The number of ether oxygens (including phenoxy) is 1. The minimum atomic E-state index is -0.468. The molecule has 0 bridgehead atoms. The van der Waals surface area contributed by atoms with Gasteiger partial charge in [-0.3, -0.25) is 4.79 Å². The smallest absolute Gasteiger partial charge is 0.406 e. The molecular weight excluding hydrogens is 310 g/mol. The van der Waals surface area contributed by atoms with E-state index in [0.29, 0.717) is 32.5 Å². The van der Waals surface area contributed by atoms with Crippen molar-refractivity contribution in [3.8, 4) is 0 Å². The van der Waals surface area contributed by atoms with Crippen molar-refractivity contribution in [2.75, 3.05) is 44.7 Å². The van der Waals surface area contributed by atoms with Gasteiger partial charge in [0.15, 0.2) is 0 Å². The number of alkyl carbamates (subject to hydrolysis) is 1. The van der Waals surface area contributed by atoms with Gasteiger partial charge in [-0.2, -0.15) is 0 Å². The summed E-state index contributed by atoms with van der Waals surface area (Å²) in [6.45, 7) is 7.15. The third-order valence-corrected chi connectivity index (χ3v) is 3.91. The first kappa shape index (κ1) is 18.0. The molecule has 0 spiro atoms. The summed E-state index contributed by atoms with van der Waals surface area (Å²) in [4.78, 5) is 36.0. The summed E-state index contributed by atoms with van der Waals surface area (Å²) in [6.07, 6.45) is 0.558. The van der Waals surface area contributed by atoms with E-state index in [1.165, 1.54) is 7.11 Å². The van der Waals surface area contributed by atoms with Crippen LogP contribution in [0, 0.1) is 13.8 Å². The highest BCUT2D eigenvalue weighted by atomic mass is 16.5. The van der Waals surface area contributed by atoms with Crippen molar-refractivity contribution in [1.29, 1.82) is 0 Å². The number of aromatic nitrogens is 2. The summed E-state index contributed by atoms with van der Waals surface area (Å²) < 4.78 is 4.48. The van der Waals surface area contributed by atoms with Gasteiger partial charge in [-0.15, -0.1) is 0 Å². The zero-order chi connectivity index (χ0) is 17.5. The molecule has 8 heteroatoms. The fraction of sp³-hybridized carbons (Fsp3) is 0.625. The number of amides is 2. The van der Waals surface area contributed by atoms with E-state index in [2.05, 4.69) is 24.9 Å². The minimum Gasteiger partial charge on any atom is -0.453 e. The van der Waals surface area contributed by atoms with Crippen LogP contribution >= 0.6 is 0 Å². The molecule has 1 aromatic rings. The quantitative estimate of drug-likeness (QED) is 0.804. The van der Waals surface area contributed by atoms with E-state index in [1.54, 1.807) is 0 Å². The Balaban J connectivity index is 1.75. The molecule has 0 aromatic carbocycles. The number of anilines is 1. The maximum Gasteiger partial charge on any atom is 0.406 e. The number of hydrogen-bond acceptors (Lipinski definition) is 6. The van der Waals surface area contributed by atoms with Gasteiger partial charge in [0.2, 0.25) is 11.9 Å². The summed E-state index contributed by atoms with van der Waals surface area (Å²) >= 11 is 0. The van der Waals surface area contributed by atoms with Crippen LogP contribution in [-0.4, -0.2) is 66.7 Å². The third kappa shape index (κ3) is 5.07. The molecule has 0 saturated carbocycles. The monoisotopic (exact) mass is 335 g/mol. The maximum atomic E-state index is 12.2. The summed E-state index contributed by atoms with van der Waals surface area (Å²) in [5.74, 6) is 0.851. The van der Waals surface area contributed by atoms with E-state index in [0.717, 1.165) is 30.4 Å². The highest BCUT2D eigenvalue weighted by Crippen LogP contribution is 2.13. The first-order chi connectivity index (χ1) is 11.5. The molecule has 1 aliphatic rings. The zero-order valence-corrected chi connectivity index (χ0v) is 14.5. The Morgan fingerprint density at radius 3 is 2.38 bits per heavy atom. The van der Waals surface area contributed by atoms with Crippen LogP contribution < -0.4 is 10.2 Å². The van der Waals surface area contributed by atoms with Crippen LogP contribution in [0.25, 0.3) is 0 Å². The van der Waals surface area contributed by atoms with E-state index in [9.17, 15) is 9.59 Å². The first-order valence-corrected chi connectivity index (χ1v) is 8.16. The van der Waals surface area contributed by atoms with Gasteiger partial charge in [0.1, 0.15) is 0 Å². The van der Waals surface area contributed by atoms with Gasteiger partial charge in [-0.05, 0) is 26.3 Å². The lowest BCUT2D eigenvalue weighted by Crippen LogP contribution is -2.49. The van der Waals surface area contributed by atoms with Crippen molar-refractivity contribution in [3.05, 3.63) is 17.5 Å². The van der Waals surface area contributed by atoms with Crippen molar-refractivity contribution in [3.63, 3.8) is 0 Å². The molecule has 2 rings (SSSR count). The SMILES string of the molecule is COC(=O)NCCCC(=O)N1CCN(c2nc(C)cc(C)n2)CC1. The van der Waals surface area contributed by atoms with E-state index in [-0.39, 0.29) is 5.91 Å². The molecule has 0 unspecified atom stereocenters. The lowest BCUT2D eigenvalue weighted by atomic mass is 10.2. The van der Waals surface area contributed by atoms with Crippen LogP contribution in [0.2, 0.25) is 0 Å². The highest BCUT2D eigenvalue weighted by Gasteiger charge is 2.22. The standard InChI is InChI=1S/C16H25N5O3/c1-12-11-13(2)19-15(18-12)21-9-7-20(8-10-21)14(22)5-4-6-17-16(23)24-3/h11H,4-10H2,1-3H3,(H,17,23). The largest absolute Gasteiger partial charge is 0.453 e. The Kier molecular flexibility index (Phi) is 6.34. The van der Waals surface area contributed by atoms with Gasteiger partial charge in [-0.25, -0.2) is 14.8 Å². The van der Waals surface area contributed by atoms with Crippen molar-refractivity contribution in [2.45, 2.75) is 26.7 Å². The molecule has 1 saturated heterocycles. The number of nitrogens with zero attached hydrogens (tertiary/aromatic N) is 4. The van der Waals surface area contributed by atoms with Gasteiger partial charge in [0.25, 0.3) is 0 Å². The van der Waals surface area contributed by atoms with Crippen molar-refractivity contribution in [1.82, 2.24) is 20.2 Å². The van der Waals surface area contributed by atoms with Gasteiger partial charge in [-0.1, -0.05) is 0 Å². The van der Waals surface area contributed by atoms with Crippen LogP contribution in [-0.2, 0) is 9.53 Å². The van der Waals surface area contributed by atoms with Gasteiger partial charge < -0.3 is 19.9 Å². The van der Waals surface area contributed by atoms with Crippen molar-refractivity contribution < 1.29 is 14.3 Å². The molecule has 0 radical (unpaired) electrons. The summed E-state index contributed by atoms with van der Waals surface area (Å²) in [5.41, 5.74) is 1.91. The molecule has 1 aliphatic heterocycles. The zero-order valence-electron chi connectivity index (χ0n) is 14.5. The Labute approximate surface area is 142 Å². The molecule has 24 heavy (non-hydrogen) atoms. The van der Waals surface area contributed by atoms with Gasteiger partial charge >= 0.3 is 6.09 Å². The molecule has 0 aliphatic carbocycles. The number of carbonyl (C=O) groups is 2. The molecular formula is C16H25N5O3. The number of carbonyl (C=O) groups excluding carboxylic acids is 2. The fourth-order valence-electron chi connectivity index (χ4n) is 2.66. The van der Waals surface area contributed by atoms with Crippen LogP contribution in [0.1, 0.15) is 24.2 Å². The highest BCUT2D eigenvalue weighted by molar-refractivity contribution is 5.76. The fourth-order valence-corrected chi connectivity index (χ4v) is 2.66. The van der Waals surface area contributed by atoms with E-state index >= 15 is 0 Å². The second-order valence-corrected chi connectivity index (χ2v) is 5.84. The predicted molar refractivity (Wildman–Crippen MR) is 89.9 cm³/mol. The number of piperazine rings is 1. The van der Waals surface area contributed by atoms with Crippen LogP contribution in [0.15, 0.2) is 6.07 Å². The summed E-state index contributed by atoms with van der Waals surface area (Å²) in [6, 6.07) is 1.95. The molecule has 2 heterocycles. The second-order valence-electron chi connectivity index (χ2n) is 5.84. The molecule has 1 aromatic heterocycles. The average Bonchev–Trinajstić information content (AvgIpc) is 2.57. The Morgan fingerprint density at radius 2 is 1.79 bits per heavy atom.